The van der Waals surface area contributed by atoms with Crippen LogP contribution in [0.3, 0.4) is 0 Å². The Labute approximate surface area is 111 Å². The first-order valence-corrected chi connectivity index (χ1v) is 6.11. The molecule has 0 aliphatic carbocycles. The van der Waals surface area contributed by atoms with Crippen molar-refractivity contribution in [3.8, 4) is 0 Å². The Morgan fingerprint density at radius 1 is 1.32 bits per heavy atom. The average molecular weight is 265 g/mol. The highest BCUT2D eigenvalue weighted by atomic mass is 19.1. The first-order chi connectivity index (χ1) is 9.00. The largest absolute Gasteiger partial charge is 0.337 e. The van der Waals surface area contributed by atoms with Crippen molar-refractivity contribution in [1.29, 1.82) is 0 Å². The van der Waals surface area contributed by atoms with Crippen molar-refractivity contribution in [2.75, 3.05) is 7.05 Å². The molecule has 0 aliphatic heterocycles. The van der Waals surface area contributed by atoms with Crippen LogP contribution in [0.25, 0.3) is 0 Å². The van der Waals surface area contributed by atoms with Crippen LogP contribution in [-0.2, 0) is 13.6 Å². The number of benzene rings is 1. The van der Waals surface area contributed by atoms with E-state index in [0.717, 1.165) is 5.82 Å². The topological polar surface area (TPSA) is 21.1 Å². The molecule has 0 aliphatic rings. The van der Waals surface area contributed by atoms with Gasteiger partial charge in [-0.05, 0) is 26.1 Å². The lowest BCUT2D eigenvalue weighted by Crippen LogP contribution is -2.25. The van der Waals surface area contributed by atoms with E-state index < -0.39 is 11.6 Å². The minimum Gasteiger partial charge on any atom is -0.337 e. The zero-order valence-electron chi connectivity index (χ0n) is 11.3. The lowest BCUT2D eigenvalue weighted by Gasteiger charge is -2.25. The fourth-order valence-electron chi connectivity index (χ4n) is 2.04. The second-order valence-electron chi connectivity index (χ2n) is 4.68. The van der Waals surface area contributed by atoms with Crippen LogP contribution in [0.15, 0.2) is 30.6 Å². The van der Waals surface area contributed by atoms with Crippen molar-refractivity contribution >= 4 is 0 Å². The van der Waals surface area contributed by atoms with E-state index in [0.29, 0.717) is 6.54 Å². The van der Waals surface area contributed by atoms with Gasteiger partial charge in [0, 0.05) is 31.0 Å². The number of hydrogen-bond donors (Lipinski definition) is 0. The number of aryl methyl sites for hydroxylation is 1. The molecular formula is C14H17F2N3. The molecule has 1 aromatic heterocycles. The Balaban J connectivity index is 2.19. The summed E-state index contributed by atoms with van der Waals surface area (Å²) in [6.45, 7) is 2.31. The van der Waals surface area contributed by atoms with Gasteiger partial charge in [0.1, 0.15) is 17.5 Å². The molecule has 102 valence electrons. The van der Waals surface area contributed by atoms with E-state index in [1.54, 1.807) is 13.1 Å². The summed E-state index contributed by atoms with van der Waals surface area (Å²) in [5.41, 5.74) is 0.0965. The van der Waals surface area contributed by atoms with Gasteiger partial charge in [-0.2, -0.15) is 0 Å². The van der Waals surface area contributed by atoms with Gasteiger partial charge >= 0.3 is 0 Å². The predicted octanol–water partition coefficient (Wildman–Crippen LogP) is 2.89. The highest BCUT2D eigenvalue weighted by Crippen LogP contribution is 2.25. The summed E-state index contributed by atoms with van der Waals surface area (Å²) >= 11 is 0. The molecule has 0 fully saturated rings. The minimum atomic E-state index is -0.515. The van der Waals surface area contributed by atoms with Gasteiger partial charge < -0.3 is 4.57 Å². The Morgan fingerprint density at radius 2 is 1.95 bits per heavy atom. The third kappa shape index (κ3) is 2.81. The molecule has 0 amide bonds. The van der Waals surface area contributed by atoms with E-state index in [1.807, 2.05) is 29.8 Å². The molecule has 2 aromatic rings. The Kier molecular flexibility index (Phi) is 3.95. The molecule has 1 aromatic carbocycles. The SMILES string of the molecule is C[C@H](c1c(F)cccc1F)N(C)Cc1nccn1C. The van der Waals surface area contributed by atoms with Gasteiger partial charge in [-0.1, -0.05) is 6.07 Å². The molecule has 19 heavy (non-hydrogen) atoms. The number of nitrogens with zero attached hydrogens (tertiary/aromatic N) is 3. The van der Waals surface area contributed by atoms with Gasteiger partial charge in [0.25, 0.3) is 0 Å². The third-order valence-corrected chi connectivity index (χ3v) is 3.39. The van der Waals surface area contributed by atoms with E-state index in [-0.39, 0.29) is 11.6 Å². The van der Waals surface area contributed by atoms with Crippen LogP contribution in [0, 0.1) is 11.6 Å². The lowest BCUT2D eigenvalue weighted by atomic mass is 10.1. The Bertz CT molecular complexity index is 545. The molecule has 0 bridgehead atoms. The summed E-state index contributed by atoms with van der Waals surface area (Å²) < 4.78 is 29.4. The Morgan fingerprint density at radius 3 is 2.47 bits per heavy atom. The van der Waals surface area contributed by atoms with Crippen LogP contribution in [0.4, 0.5) is 8.78 Å². The third-order valence-electron chi connectivity index (χ3n) is 3.39. The average Bonchev–Trinajstić information content (AvgIpc) is 2.74. The molecule has 0 unspecified atom stereocenters. The van der Waals surface area contributed by atoms with Gasteiger partial charge in [0.2, 0.25) is 0 Å². The first kappa shape index (κ1) is 13.7. The monoisotopic (exact) mass is 265 g/mol. The second kappa shape index (κ2) is 5.48. The summed E-state index contributed by atoms with van der Waals surface area (Å²) in [4.78, 5) is 6.08. The molecule has 1 atom stereocenters. The molecule has 5 heteroatoms. The van der Waals surface area contributed by atoms with Crippen molar-refractivity contribution in [2.45, 2.75) is 19.5 Å². The maximum atomic E-state index is 13.7. The van der Waals surface area contributed by atoms with E-state index >= 15 is 0 Å². The van der Waals surface area contributed by atoms with Gasteiger partial charge in [0.15, 0.2) is 0 Å². The van der Waals surface area contributed by atoms with Crippen LogP contribution in [0.5, 0.6) is 0 Å². The van der Waals surface area contributed by atoms with Gasteiger partial charge in [-0.3, -0.25) is 4.90 Å². The normalized spacial score (nSPS) is 12.9. The summed E-state index contributed by atoms with van der Waals surface area (Å²) in [6.07, 6.45) is 3.55. The highest BCUT2D eigenvalue weighted by Gasteiger charge is 2.20. The second-order valence-corrected chi connectivity index (χ2v) is 4.68. The number of imidazole rings is 1. The zero-order chi connectivity index (χ0) is 14.0. The van der Waals surface area contributed by atoms with Gasteiger partial charge in [0.05, 0.1) is 6.54 Å². The maximum Gasteiger partial charge on any atom is 0.130 e. The smallest absolute Gasteiger partial charge is 0.130 e. The molecule has 3 nitrogen and oxygen atoms in total. The minimum absolute atomic E-state index is 0.0965. The molecule has 0 radical (unpaired) electrons. The molecule has 2 rings (SSSR count). The number of aromatic nitrogens is 2. The molecule has 0 N–H and O–H groups in total. The quantitative estimate of drug-likeness (QED) is 0.847. The van der Waals surface area contributed by atoms with E-state index in [2.05, 4.69) is 4.98 Å². The van der Waals surface area contributed by atoms with Crippen LogP contribution >= 0.6 is 0 Å². The number of hydrogen-bond acceptors (Lipinski definition) is 2. The molecule has 0 saturated heterocycles. The fourth-order valence-corrected chi connectivity index (χ4v) is 2.04. The summed E-state index contributed by atoms with van der Waals surface area (Å²) in [6, 6.07) is 3.57. The predicted molar refractivity (Wildman–Crippen MR) is 69.4 cm³/mol. The summed E-state index contributed by atoms with van der Waals surface area (Å²) in [5, 5.41) is 0. The van der Waals surface area contributed by atoms with E-state index in [1.165, 1.54) is 18.2 Å². The van der Waals surface area contributed by atoms with Crippen LogP contribution in [0.1, 0.15) is 24.4 Å². The molecule has 0 saturated carbocycles. The Hall–Kier alpha value is -1.75. The molecule has 1 heterocycles. The summed E-state index contributed by atoms with van der Waals surface area (Å²) in [5.74, 6) is -0.176. The molecule has 0 spiro atoms. The first-order valence-electron chi connectivity index (χ1n) is 6.11. The van der Waals surface area contributed by atoms with Crippen molar-refractivity contribution in [3.05, 3.63) is 53.6 Å². The van der Waals surface area contributed by atoms with Crippen LogP contribution < -0.4 is 0 Å². The van der Waals surface area contributed by atoms with Crippen LogP contribution in [-0.4, -0.2) is 21.5 Å². The van der Waals surface area contributed by atoms with Crippen molar-refractivity contribution in [1.82, 2.24) is 14.5 Å². The maximum absolute atomic E-state index is 13.7. The highest BCUT2D eigenvalue weighted by molar-refractivity contribution is 5.22. The van der Waals surface area contributed by atoms with Crippen molar-refractivity contribution in [3.63, 3.8) is 0 Å². The van der Waals surface area contributed by atoms with Crippen molar-refractivity contribution in [2.24, 2.45) is 7.05 Å². The van der Waals surface area contributed by atoms with Crippen molar-refractivity contribution < 1.29 is 8.78 Å². The van der Waals surface area contributed by atoms with Gasteiger partial charge in [-0.15, -0.1) is 0 Å². The zero-order valence-corrected chi connectivity index (χ0v) is 11.3. The van der Waals surface area contributed by atoms with Gasteiger partial charge in [-0.25, -0.2) is 13.8 Å². The number of halogens is 2. The standard InChI is InChI=1S/C14H17F2N3/c1-10(14-11(15)5-4-6-12(14)16)19(3)9-13-17-7-8-18(13)2/h4-8,10H,9H2,1-3H3/t10-/m1/s1. The molecular weight excluding hydrogens is 248 g/mol. The lowest BCUT2D eigenvalue weighted by molar-refractivity contribution is 0.234. The van der Waals surface area contributed by atoms with E-state index in [4.69, 9.17) is 0 Å². The fraction of sp³-hybridized carbons (Fsp3) is 0.357. The van der Waals surface area contributed by atoms with E-state index in [9.17, 15) is 8.78 Å². The summed E-state index contributed by atoms with van der Waals surface area (Å²) in [7, 11) is 3.72. The van der Waals surface area contributed by atoms with Crippen LogP contribution in [0.2, 0.25) is 0 Å². The number of rotatable bonds is 4.